The zero-order valence-corrected chi connectivity index (χ0v) is 15.5. The maximum Gasteiger partial charge on any atom is 0.319 e. The van der Waals surface area contributed by atoms with Crippen LogP contribution >= 0.6 is 0 Å². The minimum atomic E-state index is -0.902. The molecule has 3 amide bonds. The summed E-state index contributed by atoms with van der Waals surface area (Å²) in [5.74, 6) is -0.455. The summed E-state index contributed by atoms with van der Waals surface area (Å²) < 4.78 is 0. The molecule has 0 bridgehead atoms. The van der Waals surface area contributed by atoms with Gasteiger partial charge in [0.1, 0.15) is 0 Å². The topological polar surface area (TPSA) is 108 Å². The quantitative estimate of drug-likeness (QED) is 0.571. The van der Waals surface area contributed by atoms with Crippen molar-refractivity contribution in [3.63, 3.8) is 0 Å². The maximum atomic E-state index is 12.3. The van der Waals surface area contributed by atoms with Crippen molar-refractivity contribution in [2.45, 2.75) is 52.0 Å². The fourth-order valence-corrected chi connectivity index (χ4v) is 2.50. The van der Waals surface area contributed by atoms with Crippen LogP contribution < -0.4 is 16.0 Å². The number of hydrogen-bond acceptors (Lipinski definition) is 3. The predicted molar refractivity (Wildman–Crippen MR) is 99.3 cm³/mol. The molecule has 2 rings (SSSR count). The number of urea groups is 1. The number of carbonyl (C=O) groups is 3. The van der Waals surface area contributed by atoms with Gasteiger partial charge in [0.25, 0.3) is 5.91 Å². The molecule has 0 unspecified atom stereocenters. The molecule has 4 N–H and O–H groups in total. The highest BCUT2D eigenvalue weighted by atomic mass is 16.4. The van der Waals surface area contributed by atoms with E-state index in [2.05, 4.69) is 16.0 Å². The van der Waals surface area contributed by atoms with Crippen LogP contribution in [-0.4, -0.2) is 35.1 Å². The average Bonchev–Trinajstić information content (AvgIpc) is 3.36. The van der Waals surface area contributed by atoms with Gasteiger partial charge in [-0.05, 0) is 63.6 Å². The Morgan fingerprint density at radius 2 is 1.92 bits per heavy atom. The van der Waals surface area contributed by atoms with Crippen molar-refractivity contribution in [3.8, 4) is 0 Å². The zero-order valence-electron chi connectivity index (χ0n) is 15.5. The van der Waals surface area contributed by atoms with Gasteiger partial charge in [-0.2, -0.15) is 0 Å². The Hall–Kier alpha value is -2.57. The van der Waals surface area contributed by atoms with Gasteiger partial charge in [-0.3, -0.25) is 9.59 Å². The summed E-state index contributed by atoms with van der Waals surface area (Å²) in [7, 11) is 0. The molecule has 1 fully saturated rings. The molecule has 1 aromatic rings. The molecular formula is C19H27N3O4. The second-order valence-electron chi connectivity index (χ2n) is 7.54. The van der Waals surface area contributed by atoms with Crippen LogP contribution in [0.25, 0.3) is 0 Å². The van der Waals surface area contributed by atoms with Crippen LogP contribution in [0.4, 0.5) is 10.5 Å². The Kier molecular flexibility index (Phi) is 6.23. The van der Waals surface area contributed by atoms with Crippen molar-refractivity contribution in [1.29, 1.82) is 0 Å². The third-order valence-corrected chi connectivity index (χ3v) is 4.41. The standard InChI is InChI=1S/C19H27N3O4/c1-12-4-7-14(17(25)20-11-13-5-6-13)10-15(12)21-18(26)22-19(2,3)9-8-16(23)24/h4,7,10,13H,5-6,8-9,11H2,1-3H3,(H,20,25)(H,23,24)(H2,21,22,26). The largest absolute Gasteiger partial charge is 0.481 e. The zero-order chi connectivity index (χ0) is 19.3. The number of nitrogens with one attached hydrogen (secondary N) is 3. The third-order valence-electron chi connectivity index (χ3n) is 4.41. The first-order chi connectivity index (χ1) is 12.2. The highest BCUT2D eigenvalue weighted by Gasteiger charge is 2.23. The van der Waals surface area contributed by atoms with E-state index < -0.39 is 17.5 Å². The predicted octanol–water partition coefficient (Wildman–Crippen LogP) is 2.90. The number of rotatable bonds is 8. The lowest BCUT2D eigenvalue weighted by molar-refractivity contribution is -0.137. The van der Waals surface area contributed by atoms with Gasteiger partial charge in [0.15, 0.2) is 0 Å². The third kappa shape index (κ3) is 6.38. The number of amides is 3. The molecule has 1 saturated carbocycles. The lowest BCUT2D eigenvalue weighted by Crippen LogP contribution is -2.45. The van der Waals surface area contributed by atoms with Crippen LogP contribution in [0.3, 0.4) is 0 Å². The monoisotopic (exact) mass is 361 g/mol. The number of benzene rings is 1. The summed E-state index contributed by atoms with van der Waals surface area (Å²) in [5.41, 5.74) is 1.23. The number of aliphatic carboxylic acids is 1. The van der Waals surface area contributed by atoms with Crippen molar-refractivity contribution < 1.29 is 19.5 Å². The summed E-state index contributed by atoms with van der Waals surface area (Å²) in [6.07, 6.45) is 2.62. The molecule has 0 saturated heterocycles. The molecule has 0 spiro atoms. The van der Waals surface area contributed by atoms with Gasteiger partial charge in [0.2, 0.25) is 0 Å². The Labute approximate surface area is 153 Å². The molecule has 0 atom stereocenters. The van der Waals surface area contributed by atoms with E-state index in [0.717, 1.165) is 5.56 Å². The van der Waals surface area contributed by atoms with Crippen molar-refractivity contribution >= 4 is 23.6 Å². The molecule has 1 aromatic carbocycles. The summed E-state index contributed by atoms with van der Waals surface area (Å²) >= 11 is 0. The lowest BCUT2D eigenvalue weighted by atomic mass is 9.99. The van der Waals surface area contributed by atoms with E-state index in [9.17, 15) is 14.4 Å². The highest BCUT2D eigenvalue weighted by Crippen LogP contribution is 2.27. The molecule has 0 heterocycles. The number of hydrogen-bond donors (Lipinski definition) is 4. The molecule has 1 aliphatic carbocycles. The number of carboxylic acid groups (broad SMARTS) is 1. The van der Waals surface area contributed by atoms with Gasteiger partial charge in [-0.25, -0.2) is 4.79 Å². The van der Waals surface area contributed by atoms with Crippen LogP contribution in [-0.2, 0) is 4.79 Å². The molecular weight excluding hydrogens is 334 g/mol. The van der Waals surface area contributed by atoms with E-state index in [0.29, 0.717) is 30.1 Å². The van der Waals surface area contributed by atoms with E-state index in [-0.39, 0.29) is 12.3 Å². The average molecular weight is 361 g/mol. The van der Waals surface area contributed by atoms with E-state index in [1.807, 2.05) is 6.92 Å². The smallest absolute Gasteiger partial charge is 0.319 e. The number of aryl methyl sites for hydroxylation is 1. The van der Waals surface area contributed by atoms with Crippen molar-refractivity contribution in [2.24, 2.45) is 5.92 Å². The SMILES string of the molecule is Cc1ccc(C(=O)NCC2CC2)cc1NC(=O)NC(C)(C)CCC(=O)O. The normalized spacial score (nSPS) is 13.8. The van der Waals surface area contributed by atoms with E-state index in [1.54, 1.807) is 32.0 Å². The van der Waals surface area contributed by atoms with Gasteiger partial charge in [-0.1, -0.05) is 6.07 Å². The van der Waals surface area contributed by atoms with Crippen LogP contribution in [0.5, 0.6) is 0 Å². The number of anilines is 1. The molecule has 142 valence electrons. The second kappa shape index (κ2) is 8.21. The van der Waals surface area contributed by atoms with E-state index >= 15 is 0 Å². The van der Waals surface area contributed by atoms with Crippen LogP contribution in [0, 0.1) is 12.8 Å². The summed E-state index contributed by atoms with van der Waals surface area (Å²) in [4.78, 5) is 35.2. The lowest BCUT2D eigenvalue weighted by Gasteiger charge is -2.26. The Morgan fingerprint density at radius 1 is 1.23 bits per heavy atom. The number of carbonyl (C=O) groups excluding carboxylic acids is 2. The van der Waals surface area contributed by atoms with Crippen LogP contribution in [0.2, 0.25) is 0 Å². The summed E-state index contributed by atoms with van der Waals surface area (Å²) in [6, 6.07) is 4.75. The molecule has 0 radical (unpaired) electrons. The molecule has 26 heavy (non-hydrogen) atoms. The van der Waals surface area contributed by atoms with Gasteiger partial charge < -0.3 is 21.1 Å². The Morgan fingerprint density at radius 3 is 2.54 bits per heavy atom. The minimum absolute atomic E-state index is 0.0248. The van der Waals surface area contributed by atoms with Crippen LogP contribution in [0.15, 0.2) is 18.2 Å². The minimum Gasteiger partial charge on any atom is -0.481 e. The van der Waals surface area contributed by atoms with Crippen LogP contribution in [0.1, 0.15) is 55.5 Å². The fourth-order valence-electron chi connectivity index (χ4n) is 2.50. The van der Waals surface area contributed by atoms with E-state index in [1.165, 1.54) is 12.8 Å². The van der Waals surface area contributed by atoms with Gasteiger partial charge in [0, 0.05) is 29.8 Å². The van der Waals surface area contributed by atoms with Gasteiger partial charge >= 0.3 is 12.0 Å². The summed E-state index contributed by atoms with van der Waals surface area (Å²) in [6.45, 7) is 6.07. The first-order valence-corrected chi connectivity index (χ1v) is 8.86. The number of carboxylic acids is 1. The van der Waals surface area contributed by atoms with Crippen molar-refractivity contribution in [3.05, 3.63) is 29.3 Å². The van der Waals surface area contributed by atoms with Gasteiger partial charge in [-0.15, -0.1) is 0 Å². The summed E-state index contributed by atoms with van der Waals surface area (Å²) in [5, 5.41) is 17.2. The Balaban J connectivity index is 1.96. The Bertz CT molecular complexity index is 696. The molecule has 1 aliphatic rings. The van der Waals surface area contributed by atoms with Crippen molar-refractivity contribution in [2.75, 3.05) is 11.9 Å². The highest BCUT2D eigenvalue weighted by molar-refractivity contribution is 5.97. The second-order valence-corrected chi connectivity index (χ2v) is 7.54. The first kappa shape index (κ1) is 19.8. The van der Waals surface area contributed by atoms with E-state index in [4.69, 9.17) is 5.11 Å². The van der Waals surface area contributed by atoms with Crippen molar-refractivity contribution in [1.82, 2.24) is 10.6 Å². The molecule has 0 aliphatic heterocycles. The van der Waals surface area contributed by atoms with Gasteiger partial charge in [0.05, 0.1) is 0 Å². The fraction of sp³-hybridized carbons (Fsp3) is 0.526. The molecule has 7 heteroatoms. The molecule has 0 aromatic heterocycles. The first-order valence-electron chi connectivity index (χ1n) is 8.86. The molecule has 7 nitrogen and oxygen atoms in total. The maximum absolute atomic E-state index is 12.3.